The molecule has 160 valence electrons. The molecule has 0 aromatic carbocycles. The molecule has 5 rings (SSSR count). The lowest BCUT2D eigenvalue weighted by molar-refractivity contribution is -0.119. The molecule has 2 fully saturated rings. The number of anilines is 1. The highest BCUT2D eigenvalue weighted by Crippen LogP contribution is 2.32. The van der Waals surface area contributed by atoms with E-state index in [1.807, 2.05) is 15.6 Å². The Hall–Kier alpha value is -2.19. The molecule has 0 bridgehead atoms. The van der Waals surface area contributed by atoms with Gasteiger partial charge in [-0.05, 0) is 50.5 Å². The number of aryl methyl sites for hydroxylation is 1. The second kappa shape index (κ2) is 8.51. The number of fused-ring (bicyclic) bond motifs is 1. The maximum atomic E-state index is 13.1. The zero-order valence-corrected chi connectivity index (χ0v) is 18.0. The van der Waals surface area contributed by atoms with Crippen LogP contribution in [-0.4, -0.2) is 52.8 Å². The van der Waals surface area contributed by atoms with Crippen LogP contribution in [0.1, 0.15) is 58.9 Å². The number of thiophene rings is 1. The van der Waals surface area contributed by atoms with Crippen LogP contribution in [0.2, 0.25) is 0 Å². The van der Waals surface area contributed by atoms with Crippen LogP contribution in [0.5, 0.6) is 0 Å². The molecule has 0 unspecified atom stereocenters. The molecule has 3 aliphatic rings. The van der Waals surface area contributed by atoms with Gasteiger partial charge in [-0.3, -0.25) is 9.59 Å². The molecule has 7 nitrogen and oxygen atoms in total. The van der Waals surface area contributed by atoms with E-state index < -0.39 is 0 Å². The van der Waals surface area contributed by atoms with Gasteiger partial charge >= 0.3 is 0 Å². The van der Waals surface area contributed by atoms with E-state index in [1.165, 1.54) is 23.3 Å². The third-order valence-electron chi connectivity index (χ3n) is 6.61. The molecule has 2 aliphatic heterocycles. The van der Waals surface area contributed by atoms with Crippen LogP contribution in [0.15, 0.2) is 17.6 Å². The number of nitrogens with zero attached hydrogens (tertiary/aromatic N) is 3. The maximum Gasteiger partial charge on any atom is 0.254 e. The van der Waals surface area contributed by atoms with Gasteiger partial charge < -0.3 is 15.0 Å². The lowest BCUT2D eigenvalue weighted by Gasteiger charge is -2.33. The average molecular weight is 429 g/mol. The molecule has 0 spiro atoms. The van der Waals surface area contributed by atoms with Crippen molar-refractivity contribution in [3.05, 3.63) is 33.6 Å². The van der Waals surface area contributed by atoms with Crippen LogP contribution in [0, 0.1) is 5.92 Å². The standard InChI is InChI=1S/C22H28N4O3S/c27-21(15-8-12-29-13-15)24-20-5-9-23-26(20)16-6-10-25(11-7-16)22(28)18-14-30-19-4-2-1-3-17(18)19/h5,9,14-16H,1-4,6-8,10-13H2,(H,24,27)/t15-/m0/s1. The molecule has 0 saturated carbocycles. The minimum atomic E-state index is -0.0793. The summed E-state index contributed by atoms with van der Waals surface area (Å²) in [5.41, 5.74) is 2.23. The minimum absolute atomic E-state index is 0.00379. The molecule has 1 aliphatic carbocycles. The molecule has 1 N–H and O–H groups in total. The summed E-state index contributed by atoms with van der Waals surface area (Å²) in [6.07, 6.45) is 8.78. The zero-order chi connectivity index (χ0) is 20.5. The summed E-state index contributed by atoms with van der Waals surface area (Å²) in [4.78, 5) is 29.0. The van der Waals surface area contributed by atoms with Gasteiger partial charge in [-0.2, -0.15) is 5.10 Å². The van der Waals surface area contributed by atoms with Gasteiger partial charge in [0, 0.05) is 36.0 Å². The summed E-state index contributed by atoms with van der Waals surface area (Å²) in [7, 11) is 0. The molecule has 30 heavy (non-hydrogen) atoms. The summed E-state index contributed by atoms with van der Waals surface area (Å²) in [6.45, 7) is 2.58. The summed E-state index contributed by atoms with van der Waals surface area (Å²) in [5, 5.41) is 9.56. The van der Waals surface area contributed by atoms with Gasteiger partial charge in [-0.25, -0.2) is 4.68 Å². The van der Waals surface area contributed by atoms with Gasteiger partial charge in [0.25, 0.3) is 5.91 Å². The lowest BCUT2D eigenvalue weighted by Crippen LogP contribution is -2.39. The number of carbonyl (C=O) groups is 2. The monoisotopic (exact) mass is 428 g/mol. The van der Waals surface area contributed by atoms with E-state index in [4.69, 9.17) is 4.74 Å². The Labute approximate surface area is 180 Å². The van der Waals surface area contributed by atoms with Crippen LogP contribution < -0.4 is 5.32 Å². The maximum absolute atomic E-state index is 13.1. The smallest absolute Gasteiger partial charge is 0.254 e. The van der Waals surface area contributed by atoms with Crippen molar-refractivity contribution in [2.45, 2.75) is 51.0 Å². The normalized spacial score (nSPS) is 22.1. The van der Waals surface area contributed by atoms with Crippen LogP contribution in [0.4, 0.5) is 5.82 Å². The first-order valence-electron chi connectivity index (χ1n) is 11.0. The van der Waals surface area contributed by atoms with Crippen LogP contribution in [0.3, 0.4) is 0 Å². The molecular formula is C22H28N4O3S. The number of hydrogen-bond donors (Lipinski definition) is 1. The van der Waals surface area contributed by atoms with Crippen molar-refractivity contribution in [2.75, 3.05) is 31.6 Å². The third-order valence-corrected chi connectivity index (χ3v) is 7.70. The van der Waals surface area contributed by atoms with Crippen molar-refractivity contribution >= 4 is 29.0 Å². The minimum Gasteiger partial charge on any atom is -0.381 e. The Kier molecular flexibility index (Phi) is 5.60. The predicted molar refractivity (Wildman–Crippen MR) is 115 cm³/mol. The first-order chi connectivity index (χ1) is 14.7. The number of ether oxygens (including phenoxy) is 1. The van der Waals surface area contributed by atoms with Gasteiger partial charge in [0.1, 0.15) is 5.82 Å². The lowest BCUT2D eigenvalue weighted by atomic mass is 9.95. The predicted octanol–water partition coefficient (Wildman–Crippen LogP) is 3.28. The third kappa shape index (κ3) is 3.78. The molecule has 2 amide bonds. The van der Waals surface area contributed by atoms with E-state index in [-0.39, 0.29) is 23.8 Å². The van der Waals surface area contributed by atoms with Crippen molar-refractivity contribution in [1.29, 1.82) is 0 Å². The Morgan fingerprint density at radius 3 is 2.80 bits per heavy atom. The molecule has 4 heterocycles. The quantitative estimate of drug-likeness (QED) is 0.811. The van der Waals surface area contributed by atoms with Gasteiger partial charge in [-0.15, -0.1) is 11.3 Å². The zero-order valence-electron chi connectivity index (χ0n) is 17.1. The topological polar surface area (TPSA) is 76.5 Å². The molecular weight excluding hydrogens is 400 g/mol. The highest BCUT2D eigenvalue weighted by molar-refractivity contribution is 7.10. The van der Waals surface area contributed by atoms with Crippen molar-refractivity contribution in [2.24, 2.45) is 5.92 Å². The number of aromatic nitrogens is 2. The summed E-state index contributed by atoms with van der Waals surface area (Å²) >= 11 is 1.75. The Bertz CT molecular complexity index is 923. The fourth-order valence-electron chi connectivity index (χ4n) is 4.83. The molecule has 2 aromatic rings. The SMILES string of the molecule is O=C(Nc1ccnn1C1CCN(C(=O)c2csc3c2CCCC3)CC1)[C@H]1CCOC1. The van der Waals surface area contributed by atoms with Crippen molar-refractivity contribution < 1.29 is 14.3 Å². The largest absolute Gasteiger partial charge is 0.381 e. The second-order valence-electron chi connectivity index (χ2n) is 8.49. The van der Waals surface area contributed by atoms with E-state index in [1.54, 1.807) is 17.5 Å². The number of hydrogen-bond acceptors (Lipinski definition) is 5. The van der Waals surface area contributed by atoms with E-state index >= 15 is 0 Å². The van der Waals surface area contributed by atoms with E-state index in [2.05, 4.69) is 15.8 Å². The summed E-state index contributed by atoms with van der Waals surface area (Å²) in [5.74, 6) is 0.847. The highest BCUT2D eigenvalue weighted by Gasteiger charge is 2.30. The molecule has 1 atom stereocenters. The van der Waals surface area contributed by atoms with Crippen molar-refractivity contribution in [3.8, 4) is 0 Å². The Balaban J connectivity index is 1.21. The second-order valence-corrected chi connectivity index (χ2v) is 9.46. The van der Waals surface area contributed by atoms with E-state index in [0.29, 0.717) is 13.2 Å². The molecule has 2 saturated heterocycles. The van der Waals surface area contributed by atoms with Gasteiger partial charge in [0.05, 0.1) is 30.3 Å². The molecule has 0 radical (unpaired) electrons. The van der Waals surface area contributed by atoms with Gasteiger partial charge in [-0.1, -0.05) is 0 Å². The van der Waals surface area contributed by atoms with Gasteiger partial charge in [0.2, 0.25) is 5.91 Å². The van der Waals surface area contributed by atoms with Crippen molar-refractivity contribution in [3.63, 3.8) is 0 Å². The fraction of sp³-hybridized carbons (Fsp3) is 0.591. The van der Waals surface area contributed by atoms with Crippen molar-refractivity contribution in [1.82, 2.24) is 14.7 Å². The summed E-state index contributed by atoms with van der Waals surface area (Å²) in [6, 6.07) is 2.04. The number of rotatable bonds is 4. The van der Waals surface area contributed by atoms with Crippen LogP contribution >= 0.6 is 11.3 Å². The number of piperidine rings is 1. The summed E-state index contributed by atoms with van der Waals surface area (Å²) < 4.78 is 7.24. The molecule has 8 heteroatoms. The number of nitrogens with one attached hydrogen (secondary N) is 1. The highest BCUT2D eigenvalue weighted by atomic mass is 32.1. The number of amides is 2. The molecule has 2 aromatic heterocycles. The number of carbonyl (C=O) groups excluding carboxylic acids is 2. The fourth-order valence-corrected chi connectivity index (χ4v) is 5.95. The number of likely N-dealkylation sites (tertiary alicyclic amines) is 1. The first-order valence-corrected chi connectivity index (χ1v) is 11.9. The Morgan fingerprint density at radius 1 is 1.17 bits per heavy atom. The first kappa shape index (κ1) is 19.8. The van der Waals surface area contributed by atoms with E-state index in [9.17, 15) is 9.59 Å². The Morgan fingerprint density at radius 2 is 2.00 bits per heavy atom. The van der Waals surface area contributed by atoms with Gasteiger partial charge in [0.15, 0.2) is 0 Å². The average Bonchev–Trinajstić information content (AvgIpc) is 3.53. The van der Waals surface area contributed by atoms with Crippen LogP contribution in [0.25, 0.3) is 0 Å². The van der Waals surface area contributed by atoms with Crippen LogP contribution in [-0.2, 0) is 22.4 Å². The van der Waals surface area contributed by atoms with E-state index in [0.717, 1.165) is 56.6 Å².